The van der Waals surface area contributed by atoms with Gasteiger partial charge in [0.25, 0.3) is 0 Å². The number of nitrogens with one attached hydrogen (secondary N) is 1. The predicted octanol–water partition coefficient (Wildman–Crippen LogP) is 4.97. The van der Waals surface area contributed by atoms with E-state index >= 15 is 0 Å². The number of hydrogen-bond donors (Lipinski definition) is 1. The molecule has 0 heterocycles. The van der Waals surface area contributed by atoms with Crippen LogP contribution in [0.15, 0.2) is 18.2 Å². The number of benzene rings is 1. The zero-order valence-electron chi connectivity index (χ0n) is 12.6. The highest BCUT2D eigenvalue weighted by Gasteiger charge is 2.27. The van der Waals surface area contributed by atoms with Gasteiger partial charge in [0.2, 0.25) is 0 Å². The second-order valence-corrected chi connectivity index (χ2v) is 7.19. The van der Waals surface area contributed by atoms with Crippen LogP contribution in [-0.2, 0) is 6.42 Å². The van der Waals surface area contributed by atoms with Crippen molar-refractivity contribution in [3.63, 3.8) is 0 Å². The lowest BCUT2D eigenvalue weighted by Gasteiger charge is -2.26. The second kappa shape index (κ2) is 7.11. The fourth-order valence-corrected chi connectivity index (χ4v) is 3.78. The van der Waals surface area contributed by atoms with Crippen LogP contribution in [0.25, 0.3) is 0 Å². The zero-order chi connectivity index (χ0) is 14.7. The topological polar surface area (TPSA) is 12.0 Å². The molecule has 0 bridgehead atoms. The first-order chi connectivity index (χ1) is 10.2. The lowest BCUT2D eigenvalue weighted by Crippen LogP contribution is -2.30. The van der Waals surface area contributed by atoms with Crippen molar-refractivity contribution >= 4 is 11.6 Å². The highest BCUT2D eigenvalue weighted by molar-refractivity contribution is 6.31. The quantitative estimate of drug-likeness (QED) is 0.757. The van der Waals surface area contributed by atoms with Crippen molar-refractivity contribution in [3.05, 3.63) is 34.6 Å². The van der Waals surface area contributed by atoms with E-state index in [1.807, 2.05) is 0 Å². The Hall–Kier alpha value is -0.600. The normalized spacial score (nSPS) is 26.6. The molecule has 2 fully saturated rings. The van der Waals surface area contributed by atoms with Gasteiger partial charge in [-0.2, -0.15) is 0 Å². The van der Waals surface area contributed by atoms with Crippen LogP contribution in [0.3, 0.4) is 0 Å². The van der Waals surface area contributed by atoms with Gasteiger partial charge in [0, 0.05) is 11.1 Å². The first kappa shape index (κ1) is 15.3. The maximum atomic E-state index is 13.5. The average molecular weight is 310 g/mol. The Morgan fingerprint density at radius 3 is 2.57 bits per heavy atom. The lowest BCUT2D eigenvalue weighted by atomic mass is 9.83. The highest BCUT2D eigenvalue weighted by Crippen LogP contribution is 2.33. The van der Waals surface area contributed by atoms with Crippen molar-refractivity contribution in [3.8, 4) is 0 Å². The molecule has 0 aromatic heterocycles. The van der Waals surface area contributed by atoms with Crippen LogP contribution >= 0.6 is 11.6 Å². The van der Waals surface area contributed by atoms with Crippen LogP contribution in [0, 0.1) is 17.7 Å². The van der Waals surface area contributed by atoms with Crippen LogP contribution < -0.4 is 5.32 Å². The van der Waals surface area contributed by atoms with E-state index < -0.39 is 0 Å². The minimum Gasteiger partial charge on any atom is -0.314 e. The molecule has 0 aliphatic heterocycles. The van der Waals surface area contributed by atoms with Gasteiger partial charge in [0.15, 0.2) is 0 Å². The molecule has 0 saturated heterocycles. The molecule has 2 aliphatic rings. The van der Waals surface area contributed by atoms with Crippen molar-refractivity contribution < 1.29 is 4.39 Å². The molecule has 2 atom stereocenters. The molecule has 21 heavy (non-hydrogen) atoms. The van der Waals surface area contributed by atoms with Gasteiger partial charge in [-0.25, -0.2) is 4.39 Å². The fourth-order valence-electron chi connectivity index (χ4n) is 3.59. The van der Waals surface area contributed by atoms with E-state index in [9.17, 15) is 4.39 Å². The van der Waals surface area contributed by atoms with Crippen LogP contribution in [-0.4, -0.2) is 12.6 Å². The van der Waals surface area contributed by atoms with Crippen molar-refractivity contribution in [2.45, 2.75) is 57.4 Å². The first-order valence-electron chi connectivity index (χ1n) is 8.39. The number of hydrogen-bond acceptors (Lipinski definition) is 1. The van der Waals surface area contributed by atoms with Gasteiger partial charge >= 0.3 is 0 Å². The van der Waals surface area contributed by atoms with Gasteiger partial charge in [0.05, 0.1) is 0 Å². The first-order valence-corrected chi connectivity index (χ1v) is 8.77. The Morgan fingerprint density at radius 2 is 1.81 bits per heavy atom. The molecule has 2 aliphatic carbocycles. The van der Waals surface area contributed by atoms with Crippen molar-refractivity contribution in [1.82, 2.24) is 5.32 Å². The van der Waals surface area contributed by atoms with Crippen LogP contribution in [0.2, 0.25) is 5.02 Å². The molecule has 1 N–H and O–H groups in total. The van der Waals surface area contributed by atoms with Gasteiger partial charge in [0.1, 0.15) is 5.82 Å². The molecule has 2 saturated carbocycles. The van der Waals surface area contributed by atoms with E-state index in [1.54, 1.807) is 12.1 Å². The molecule has 0 radical (unpaired) electrons. The monoisotopic (exact) mass is 309 g/mol. The Labute approximate surface area is 132 Å². The molecule has 2 unspecified atom stereocenters. The van der Waals surface area contributed by atoms with E-state index in [4.69, 9.17) is 11.6 Å². The molecule has 0 spiro atoms. The number of halogens is 2. The van der Waals surface area contributed by atoms with E-state index in [2.05, 4.69) is 5.32 Å². The van der Waals surface area contributed by atoms with E-state index in [0.717, 1.165) is 29.6 Å². The summed E-state index contributed by atoms with van der Waals surface area (Å²) in [7, 11) is 0. The van der Waals surface area contributed by atoms with Crippen molar-refractivity contribution in [2.24, 2.45) is 11.8 Å². The van der Waals surface area contributed by atoms with Gasteiger partial charge in [-0.15, -0.1) is 0 Å². The van der Waals surface area contributed by atoms with Gasteiger partial charge in [-0.05, 0) is 74.2 Å². The predicted molar refractivity (Wildman–Crippen MR) is 86.2 cm³/mol. The summed E-state index contributed by atoms with van der Waals surface area (Å²) in [6.07, 6.45) is 10.1. The standard InChI is InChI=1S/C18H25ClFN/c19-18-9-6-16(20)11-15(18)10-13-4-2-1-3-5-14(13)12-21-17-7-8-17/h6,9,11,13-14,17,21H,1-5,7-8,10,12H2. The Balaban J connectivity index is 1.67. The molecule has 3 heteroatoms. The van der Waals surface area contributed by atoms with Gasteiger partial charge in [-0.1, -0.05) is 30.9 Å². The Kier molecular flexibility index (Phi) is 5.18. The van der Waals surface area contributed by atoms with Crippen LogP contribution in [0.1, 0.15) is 50.5 Å². The second-order valence-electron chi connectivity index (χ2n) is 6.78. The molecule has 116 valence electrons. The Morgan fingerprint density at radius 1 is 1.05 bits per heavy atom. The summed E-state index contributed by atoms with van der Waals surface area (Å²) in [5, 5.41) is 4.41. The van der Waals surface area contributed by atoms with Crippen molar-refractivity contribution in [2.75, 3.05) is 6.54 Å². The molecular formula is C18H25ClFN. The average Bonchev–Trinajstić information content (AvgIpc) is 3.28. The van der Waals surface area contributed by atoms with Crippen LogP contribution in [0.5, 0.6) is 0 Å². The summed E-state index contributed by atoms with van der Waals surface area (Å²) in [6, 6.07) is 5.54. The lowest BCUT2D eigenvalue weighted by molar-refractivity contribution is 0.297. The summed E-state index contributed by atoms with van der Waals surface area (Å²) >= 11 is 6.26. The molecule has 1 aromatic carbocycles. The largest absolute Gasteiger partial charge is 0.314 e. The highest BCUT2D eigenvalue weighted by atomic mass is 35.5. The molecule has 3 rings (SSSR count). The molecule has 0 amide bonds. The SMILES string of the molecule is Fc1ccc(Cl)c(CC2CCCCCC2CNC2CC2)c1. The molecule has 1 nitrogen and oxygen atoms in total. The number of rotatable bonds is 5. The van der Waals surface area contributed by atoms with Gasteiger partial charge < -0.3 is 5.32 Å². The Bertz CT molecular complexity index is 472. The van der Waals surface area contributed by atoms with E-state index in [0.29, 0.717) is 11.8 Å². The molecular weight excluding hydrogens is 285 g/mol. The summed E-state index contributed by atoms with van der Waals surface area (Å²) in [5.41, 5.74) is 0.986. The van der Waals surface area contributed by atoms with Gasteiger partial charge in [-0.3, -0.25) is 0 Å². The smallest absolute Gasteiger partial charge is 0.123 e. The third-order valence-corrected chi connectivity index (χ3v) is 5.42. The minimum absolute atomic E-state index is 0.171. The maximum Gasteiger partial charge on any atom is 0.123 e. The van der Waals surface area contributed by atoms with E-state index in [1.165, 1.54) is 51.0 Å². The van der Waals surface area contributed by atoms with Crippen LogP contribution in [0.4, 0.5) is 4.39 Å². The van der Waals surface area contributed by atoms with Crippen molar-refractivity contribution in [1.29, 1.82) is 0 Å². The summed E-state index contributed by atoms with van der Waals surface area (Å²) in [5.74, 6) is 1.18. The zero-order valence-corrected chi connectivity index (χ0v) is 13.3. The third-order valence-electron chi connectivity index (χ3n) is 5.05. The van der Waals surface area contributed by atoms with E-state index in [-0.39, 0.29) is 5.82 Å². The molecule has 1 aromatic rings. The minimum atomic E-state index is -0.171. The third kappa shape index (κ3) is 4.43. The fraction of sp³-hybridized carbons (Fsp3) is 0.667. The maximum absolute atomic E-state index is 13.5. The summed E-state index contributed by atoms with van der Waals surface area (Å²) < 4.78 is 13.5. The summed E-state index contributed by atoms with van der Waals surface area (Å²) in [4.78, 5) is 0. The summed E-state index contributed by atoms with van der Waals surface area (Å²) in [6.45, 7) is 1.13.